The third-order valence-electron chi connectivity index (χ3n) is 6.01. The fourth-order valence-electron chi connectivity index (χ4n) is 4.48. The normalized spacial score (nSPS) is 16.4. The van der Waals surface area contributed by atoms with Crippen molar-refractivity contribution >= 4 is 11.8 Å². The van der Waals surface area contributed by atoms with Gasteiger partial charge in [0.15, 0.2) is 0 Å². The third-order valence-corrected chi connectivity index (χ3v) is 6.01. The van der Waals surface area contributed by atoms with Crippen LogP contribution in [0.1, 0.15) is 30.4 Å². The molecule has 4 rings (SSSR count). The first-order valence-electron chi connectivity index (χ1n) is 11.5. The highest BCUT2D eigenvalue weighted by atomic mass is 16.2. The molecule has 1 aromatic heterocycles. The zero-order chi connectivity index (χ0) is 23.0. The first-order chi connectivity index (χ1) is 16.1. The fraction of sp³-hybridized carbons (Fsp3) is 0.346. The lowest BCUT2D eigenvalue weighted by atomic mass is 9.94. The maximum absolute atomic E-state index is 12.7. The predicted octanol–water partition coefficient (Wildman–Crippen LogP) is 2.80. The van der Waals surface area contributed by atoms with Gasteiger partial charge >= 0.3 is 0 Å². The monoisotopic (exact) mass is 445 g/mol. The molecule has 0 bridgehead atoms. The number of hydrogen-bond acceptors (Lipinski definition) is 4. The zero-order valence-electron chi connectivity index (χ0n) is 18.8. The fourth-order valence-corrected chi connectivity index (χ4v) is 4.48. The molecule has 0 spiro atoms. The number of rotatable bonds is 9. The summed E-state index contributed by atoms with van der Waals surface area (Å²) >= 11 is 0. The standard InChI is InChI=1S/C26H31N5O2/c27-24(32)14-21-10-7-13-30(16-21)19-25(33)28-15-23-18-31(17-20-8-3-1-4-9-20)29-26(23)22-11-5-2-6-12-22/h1-6,8-9,11-12,18,21H,7,10,13-17,19H2,(H2,27,32)(H,28,33). The van der Waals surface area contributed by atoms with Gasteiger partial charge in [0.25, 0.3) is 0 Å². The van der Waals surface area contributed by atoms with E-state index in [1.54, 1.807) is 0 Å². The second-order valence-corrected chi connectivity index (χ2v) is 8.74. The highest BCUT2D eigenvalue weighted by molar-refractivity contribution is 5.78. The second kappa shape index (κ2) is 10.9. The maximum atomic E-state index is 12.7. The van der Waals surface area contributed by atoms with Crippen LogP contribution in [0, 0.1) is 5.92 Å². The molecule has 2 amide bonds. The molecule has 7 heteroatoms. The van der Waals surface area contributed by atoms with E-state index in [1.165, 1.54) is 5.56 Å². The van der Waals surface area contributed by atoms with Crippen molar-refractivity contribution in [2.75, 3.05) is 19.6 Å². The minimum atomic E-state index is -0.271. The zero-order valence-corrected chi connectivity index (χ0v) is 18.8. The van der Waals surface area contributed by atoms with Gasteiger partial charge in [0, 0.05) is 36.8 Å². The summed E-state index contributed by atoms with van der Waals surface area (Å²) in [5.74, 6) is -0.0539. The number of benzene rings is 2. The molecule has 0 saturated carbocycles. The van der Waals surface area contributed by atoms with E-state index >= 15 is 0 Å². The molecule has 1 atom stereocenters. The Labute approximate surface area is 194 Å². The van der Waals surface area contributed by atoms with Crippen LogP contribution in [-0.4, -0.2) is 46.1 Å². The Kier molecular flexibility index (Phi) is 7.52. The Morgan fingerprint density at radius 1 is 1.06 bits per heavy atom. The predicted molar refractivity (Wildman–Crippen MR) is 128 cm³/mol. The molecular weight excluding hydrogens is 414 g/mol. The Balaban J connectivity index is 1.41. The van der Waals surface area contributed by atoms with Gasteiger partial charge in [0.1, 0.15) is 0 Å². The van der Waals surface area contributed by atoms with Crippen LogP contribution in [0.25, 0.3) is 11.3 Å². The number of aromatic nitrogens is 2. The number of nitrogens with zero attached hydrogens (tertiary/aromatic N) is 3. The number of hydrogen-bond donors (Lipinski definition) is 2. The van der Waals surface area contributed by atoms with Gasteiger partial charge in [-0.25, -0.2) is 0 Å². The van der Waals surface area contributed by atoms with Gasteiger partial charge < -0.3 is 11.1 Å². The topological polar surface area (TPSA) is 93.3 Å². The molecule has 0 radical (unpaired) electrons. The molecule has 3 N–H and O–H groups in total. The van der Waals surface area contributed by atoms with E-state index in [9.17, 15) is 9.59 Å². The number of nitrogens with two attached hydrogens (primary N) is 1. The molecule has 1 fully saturated rings. The maximum Gasteiger partial charge on any atom is 0.234 e. The summed E-state index contributed by atoms with van der Waals surface area (Å²) in [5, 5.41) is 7.88. The Bertz CT molecular complexity index is 1060. The smallest absolute Gasteiger partial charge is 0.234 e. The summed E-state index contributed by atoms with van der Waals surface area (Å²) in [6.45, 7) is 3.02. The van der Waals surface area contributed by atoms with Crippen molar-refractivity contribution in [3.8, 4) is 11.3 Å². The number of likely N-dealkylation sites (tertiary alicyclic amines) is 1. The van der Waals surface area contributed by atoms with E-state index < -0.39 is 0 Å². The molecule has 0 aliphatic carbocycles. The molecule has 1 aliphatic heterocycles. The minimum Gasteiger partial charge on any atom is -0.370 e. The summed E-state index contributed by atoms with van der Waals surface area (Å²) in [5.41, 5.74) is 9.41. The first kappa shape index (κ1) is 22.7. The minimum absolute atomic E-state index is 0.0236. The summed E-state index contributed by atoms with van der Waals surface area (Å²) < 4.78 is 1.93. The van der Waals surface area contributed by atoms with Crippen molar-refractivity contribution in [3.05, 3.63) is 78.0 Å². The lowest BCUT2D eigenvalue weighted by molar-refractivity contribution is -0.122. The lowest BCUT2D eigenvalue weighted by Gasteiger charge is -2.31. The van der Waals surface area contributed by atoms with Crippen molar-refractivity contribution in [2.24, 2.45) is 11.7 Å². The summed E-state index contributed by atoms with van der Waals surface area (Å²) in [7, 11) is 0. The summed E-state index contributed by atoms with van der Waals surface area (Å²) in [6, 6.07) is 20.2. The average molecular weight is 446 g/mol. The van der Waals surface area contributed by atoms with Crippen LogP contribution in [0.2, 0.25) is 0 Å². The van der Waals surface area contributed by atoms with Crippen LogP contribution in [0.15, 0.2) is 66.9 Å². The molecule has 1 unspecified atom stereocenters. The Morgan fingerprint density at radius 3 is 2.52 bits per heavy atom. The van der Waals surface area contributed by atoms with Crippen LogP contribution in [0.3, 0.4) is 0 Å². The van der Waals surface area contributed by atoms with Crippen molar-refractivity contribution < 1.29 is 9.59 Å². The first-order valence-corrected chi connectivity index (χ1v) is 11.5. The van der Waals surface area contributed by atoms with E-state index in [0.29, 0.717) is 26.1 Å². The van der Waals surface area contributed by atoms with Crippen molar-refractivity contribution in [1.29, 1.82) is 0 Å². The van der Waals surface area contributed by atoms with E-state index in [1.807, 2.05) is 59.4 Å². The van der Waals surface area contributed by atoms with Crippen LogP contribution >= 0.6 is 0 Å². The van der Waals surface area contributed by atoms with Gasteiger partial charge in [-0.05, 0) is 30.9 Å². The summed E-state index contributed by atoms with van der Waals surface area (Å²) in [6.07, 6.45) is 4.37. The number of piperidine rings is 1. The Hall–Kier alpha value is -3.45. The van der Waals surface area contributed by atoms with Gasteiger partial charge in [-0.1, -0.05) is 60.7 Å². The highest BCUT2D eigenvalue weighted by Gasteiger charge is 2.23. The molecule has 1 saturated heterocycles. The van der Waals surface area contributed by atoms with Crippen molar-refractivity contribution in [1.82, 2.24) is 20.0 Å². The number of nitrogens with one attached hydrogen (secondary N) is 1. The van der Waals surface area contributed by atoms with Gasteiger partial charge in [-0.2, -0.15) is 5.10 Å². The van der Waals surface area contributed by atoms with Gasteiger partial charge in [-0.3, -0.25) is 19.2 Å². The molecule has 7 nitrogen and oxygen atoms in total. The van der Waals surface area contributed by atoms with E-state index in [-0.39, 0.29) is 17.7 Å². The molecule has 1 aliphatic rings. The van der Waals surface area contributed by atoms with E-state index in [2.05, 4.69) is 22.3 Å². The number of amides is 2. The van der Waals surface area contributed by atoms with Crippen LogP contribution in [0.4, 0.5) is 0 Å². The Morgan fingerprint density at radius 2 is 1.79 bits per heavy atom. The van der Waals surface area contributed by atoms with Crippen molar-refractivity contribution in [2.45, 2.75) is 32.4 Å². The van der Waals surface area contributed by atoms with Gasteiger partial charge in [0.2, 0.25) is 11.8 Å². The molecule has 2 aromatic carbocycles. The van der Waals surface area contributed by atoms with E-state index in [0.717, 1.165) is 42.8 Å². The molecule has 2 heterocycles. The number of primary amides is 1. The quantitative estimate of drug-likeness (QED) is 0.530. The largest absolute Gasteiger partial charge is 0.370 e. The number of carbonyl (C=O) groups is 2. The molecule has 3 aromatic rings. The third kappa shape index (κ3) is 6.52. The number of carbonyl (C=O) groups excluding carboxylic acids is 2. The highest BCUT2D eigenvalue weighted by Crippen LogP contribution is 2.23. The van der Waals surface area contributed by atoms with Gasteiger partial charge in [0.05, 0.1) is 18.8 Å². The average Bonchev–Trinajstić information content (AvgIpc) is 3.21. The summed E-state index contributed by atoms with van der Waals surface area (Å²) in [4.78, 5) is 26.0. The van der Waals surface area contributed by atoms with Crippen LogP contribution < -0.4 is 11.1 Å². The van der Waals surface area contributed by atoms with Gasteiger partial charge in [-0.15, -0.1) is 0 Å². The van der Waals surface area contributed by atoms with E-state index in [4.69, 9.17) is 10.8 Å². The molecule has 33 heavy (non-hydrogen) atoms. The van der Waals surface area contributed by atoms with Crippen molar-refractivity contribution in [3.63, 3.8) is 0 Å². The van der Waals surface area contributed by atoms with Crippen LogP contribution in [-0.2, 0) is 22.7 Å². The molecule has 172 valence electrons. The van der Waals surface area contributed by atoms with Crippen LogP contribution in [0.5, 0.6) is 0 Å². The lowest BCUT2D eigenvalue weighted by Crippen LogP contribution is -2.43. The molecular formula is C26H31N5O2. The SMILES string of the molecule is NC(=O)CC1CCCN(CC(=O)NCc2cn(Cc3ccccc3)nc2-c2ccccc2)C1. The second-order valence-electron chi connectivity index (χ2n) is 8.74.